The van der Waals surface area contributed by atoms with Crippen LogP contribution in [0.15, 0.2) is 28.1 Å². The van der Waals surface area contributed by atoms with Crippen LogP contribution in [0.4, 0.5) is 4.39 Å². The van der Waals surface area contributed by atoms with Gasteiger partial charge in [-0.05, 0) is 48.4 Å². The molecule has 116 valence electrons. The van der Waals surface area contributed by atoms with Crippen LogP contribution in [-0.4, -0.2) is 24.2 Å². The van der Waals surface area contributed by atoms with Gasteiger partial charge in [0.15, 0.2) is 16.7 Å². The van der Waals surface area contributed by atoms with Crippen LogP contribution in [-0.2, 0) is 4.79 Å². The Balaban J connectivity index is 1.76. The van der Waals surface area contributed by atoms with Crippen molar-refractivity contribution in [1.82, 2.24) is 5.32 Å². The fraction of sp³-hybridized carbons (Fsp3) is 0.375. The van der Waals surface area contributed by atoms with E-state index in [1.54, 1.807) is 18.2 Å². The van der Waals surface area contributed by atoms with Crippen molar-refractivity contribution in [2.24, 2.45) is 4.99 Å². The first-order chi connectivity index (χ1) is 10.7. The van der Waals surface area contributed by atoms with Gasteiger partial charge < -0.3 is 10.1 Å². The van der Waals surface area contributed by atoms with E-state index in [0.717, 1.165) is 12.8 Å². The number of hydrogen-bond donors (Lipinski definition) is 1. The van der Waals surface area contributed by atoms with Gasteiger partial charge in [-0.3, -0.25) is 9.79 Å². The molecule has 1 aliphatic heterocycles. The smallest absolute Gasteiger partial charge is 0.264 e. The molecule has 1 heterocycles. The van der Waals surface area contributed by atoms with Gasteiger partial charge in [-0.2, -0.15) is 0 Å². The summed E-state index contributed by atoms with van der Waals surface area (Å²) < 4.78 is 18.6. The first-order valence-electron chi connectivity index (χ1n) is 7.28. The Labute approximate surface area is 132 Å². The number of methoxy groups -OCH3 is 1. The number of benzene rings is 1. The van der Waals surface area contributed by atoms with E-state index in [1.807, 2.05) is 0 Å². The summed E-state index contributed by atoms with van der Waals surface area (Å²) in [5, 5.41) is 3.43. The molecule has 3 rings (SSSR count). The molecule has 0 radical (unpaired) electrons. The lowest BCUT2D eigenvalue weighted by molar-refractivity contribution is -0.115. The van der Waals surface area contributed by atoms with Gasteiger partial charge >= 0.3 is 0 Å². The molecule has 0 unspecified atom stereocenters. The number of rotatable bonds is 3. The molecule has 1 aliphatic carbocycles. The lowest BCUT2D eigenvalue weighted by atomic mass is 10.2. The highest BCUT2D eigenvalue weighted by atomic mass is 32.2. The number of thioether (sulfide) groups is 1. The third-order valence-electron chi connectivity index (χ3n) is 3.75. The minimum absolute atomic E-state index is 0.182. The topological polar surface area (TPSA) is 50.7 Å². The fourth-order valence-electron chi connectivity index (χ4n) is 2.61. The fourth-order valence-corrected chi connectivity index (χ4v) is 3.50. The van der Waals surface area contributed by atoms with Gasteiger partial charge in [0.25, 0.3) is 5.91 Å². The van der Waals surface area contributed by atoms with Crippen molar-refractivity contribution < 1.29 is 13.9 Å². The molecule has 0 atom stereocenters. The van der Waals surface area contributed by atoms with Crippen molar-refractivity contribution in [2.45, 2.75) is 31.7 Å². The number of ether oxygens (including phenoxy) is 1. The zero-order chi connectivity index (χ0) is 15.5. The van der Waals surface area contributed by atoms with Gasteiger partial charge in [-0.15, -0.1) is 0 Å². The van der Waals surface area contributed by atoms with Crippen molar-refractivity contribution in [3.05, 3.63) is 34.5 Å². The number of carbonyl (C=O) groups excluding carboxylic acids is 1. The molecular formula is C16H17FN2O2S. The number of hydrogen-bond acceptors (Lipinski definition) is 4. The number of halogens is 1. The Hall–Kier alpha value is -1.82. The van der Waals surface area contributed by atoms with E-state index in [9.17, 15) is 9.18 Å². The standard InChI is InChI=1S/C16H17FN2O2S/c1-21-13-7-6-10(8-12(13)17)9-14-15(20)19-16(22-14)18-11-4-2-3-5-11/h6-9,11H,2-5H2,1H3,(H,18,19,20)/b14-9-. The molecule has 0 bridgehead atoms. The molecule has 2 aliphatic rings. The third kappa shape index (κ3) is 3.32. The van der Waals surface area contributed by atoms with Gasteiger partial charge in [0.05, 0.1) is 18.1 Å². The van der Waals surface area contributed by atoms with Crippen LogP contribution in [0.2, 0.25) is 0 Å². The van der Waals surface area contributed by atoms with Crippen molar-refractivity contribution in [1.29, 1.82) is 0 Å². The Bertz CT molecular complexity index is 652. The number of amidine groups is 1. The predicted octanol–water partition coefficient (Wildman–Crippen LogP) is 3.34. The molecule has 1 saturated heterocycles. The average molecular weight is 320 g/mol. The molecule has 22 heavy (non-hydrogen) atoms. The van der Waals surface area contributed by atoms with E-state index in [4.69, 9.17) is 4.74 Å². The summed E-state index contributed by atoms with van der Waals surface area (Å²) in [5.74, 6) is -0.438. The maximum atomic E-state index is 13.7. The Kier molecular flexibility index (Phi) is 4.47. The molecule has 1 amide bonds. The van der Waals surface area contributed by atoms with Crippen molar-refractivity contribution >= 4 is 28.9 Å². The summed E-state index contributed by atoms with van der Waals surface area (Å²) in [6, 6.07) is 4.94. The van der Waals surface area contributed by atoms with Gasteiger partial charge in [0, 0.05) is 0 Å². The van der Waals surface area contributed by atoms with E-state index in [-0.39, 0.29) is 11.7 Å². The zero-order valence-corrected chi connectivity index (χ0v) is 13.1. The second-order valence-corrected chi connectivity index (χ2v) is 6.36. The highest BCUT2D eigenvalue weighted by Crippen LogP contribution is 2.29. The normalized spacial score (nSPS) is 22.5. The maximum Gasteiger partial charge on any atom is 0.264 e. The average Bonchev–Trinajstić information content (AvgIpc) is 3.10. The summed E-state index contributed by atoms with van der Waals surface area (Å²) in [7, 11) is 1.42. The molecule has 2 fully saturated rings. The van der Waals surface area contributed by atoms with Crippen LogP contribution < -0.4 is 10.1 Å². The number of aliphatic imine (C=N–C) groups is 1. The monoisotopic (exact) mass is 320 g/mol. The van der Waals surface area contributed by atoms with Crippen LogP contribution in [0.1, 0.15) is 31.2 Å². The Morgan fingerprint density at radius 2 is 2.18 bits per heavy atom. The molecule has 4 nitrogen and oxygen atoms in total. The summed E-state index contributed by atoms with van der Waals surface area (Å²) in [6.07, 6.45) is 6.24. The van der Waals surface area contributed by atoms with E-state index in [0.29, 0.717) is 21.7 Å². The van der Waals surface area contributed by atoms with Gasteiger partial charge in [0.2, 0.25) is 0 Å². The van der Waals surface area contributed by atoms with Gasteiger partial charge in [0.1, 0.15) is 0 Å². The number of nitrogens with zero attached hydrogens (tertiary/aromatic N) is 1. The van der Waals surface area contributed by atoms with Crippen molar-refractivity contribution in [3.8, 4) is 5.75 Å². The van der Waals surface area contributed by atoms with E-state index >= 15 is 0 Å². The van der Waals surface area contributed by atoms with Crippen LogP contribution >= 0.6 is 11.8 Å². The first-order valence-corrected chi connectivity index (χ1v) is 8.09. The second kappa shape index (κ2) is 6.52. The minimum atomic E-state index is -0.444. The highest BCUT2D eigenvalue weighted by molar-refractivity contribution is 8.18. The Morgan fingerprint density at radius 1 is 1.41 bits per heavy atom. The van der Waals surface area contributed by atoms with Crippen molar-refractivity contribution in [2.75, 3.05) is 7.11 Å². The zero-order valence-electron chi connectivity index (χ0n) is 12.3. The summed E-state index contributed by atoms with van der Waals surface area (Å²) >= 11 is 1.31. The molecule has 1 aromatic rings. The van der Waals surface area contributed by atoms with Gasteiger partial charge in [-0.25, -0.2) is 4.39 Å². The first kappa shape index (κ1) is 15.1. The molecular weight excluding hydrogens is 303 g/mol. The second-order valence-electron chi connectivity index (χ2n) is 5.33. The maximum absolute atomic E-state index is 13.7. The predicted molar refractivity (Wildman–Crippen MR) is 86.4 cm³/mol. The number of amides is 1. The van der Waals surface area contributed by atoms with E-state index in [1.165, 1.54) is 37.8 Å². The van der Waals surface area contributed by atoms with Crippen molar-refractivity contribution in [3.63, 3.8) is 0 Å². The van der Waals surface area contributed by atoms with Crippen LogP contribution in [0.3, 0.4) is 0 Å². The molecule has 1 saturated carbocycles. The summed E-state index contributed by atoms with van der Waals surface area (Å²) in [6.45, 7) is 0. The molecule has 1 aromatic carbocycles. The largest absolute Gasteiger partial charge is 0.494 e. The SMILES string of the molecule is COc1ccc(/C=C2\SC(=NC3CCCC3)NC2=O)cc1F. The molecule has 0 aromatic heterocycles. The number of nitrogens with one attached hydrogen (secondary N) is 1. The molecule has 6 heteroatoms. The van der Waals surface area contributed by atoms with Gasteiger partial charge in [-0.1, -0.05) is 18.9 Å². The van der Waals surface area contributed by atoms with E-state index in [2.05, 4.69) is 10.3 Å². The number of carbonyl (C=O) groups is 1. The van der Waals surface area contributed by atoms with E-state index < -0.39 is 5.82 Å². The van der Waals surface area contributed by atoms with Crippen LogP contribution in [0.25, 0.3) is 6.08 Å². The lowest BCUT2D eigenvalue weighted by Gasteiger charge is -2.02. The third-order valence-corrected chi connectivity index (χ3v) is 4.67. The molecule has 0 spiro atoms. The Morgan fingerprint density at radius 3 is 2.86 bits per heavy atom. The molecule has 1 N–H and O–H groups in total. The van der Waals surface area contributed by atoms with Crippen LogP contribution in [0.5, 0.6) is 5.75 Å². The quantitative estimate of drug-likeness (QED) is 0.869. The lowest BCUT2D eigenvalue weighted by Crippen LogP contribution is -2.21. The highest BCUT2D eigenvalue weighted by Gasteiger charge is 2.25. The summed E-state index contributed by atoms with van der Waals surface area (Å²) in [4.78, 5) is 17.1. The summed E-state index contributed by atoms with van der Waals surface area (Å²) in [5.41, 5.74) is 0.623. The minimum Gasteiger partial charge on any atom is -0.494 e. The van der Waals surface area contributed by atoms with Crippen LogP contribution in [0, 0.1) is 5.82 Å².